The molecule has 0 N–H and O–H groups in total. The van der Waals surface area contributed by atoms with E-state index in [1.807, 2.05) is 0 Å². The first-order chi connectivity index (χ1) is 12.0. The van der Waals surface area contributed by atoms with E-state index in [0.29, 0.717) is 23.2 Å². The summed E-state index contributed by atoms with van der Waals surface area (Å²) in [4.78, 5) is 15.9. The average Bonchev–Trinajstić information content (AvgIpc) is 3.08. The van der Waals surface area contributed by atoms with Gasteiger partial charge < -0.3 is 14.0 Å². The maximum absolute atomic E-state index is 13.1. The number of rotatable bonds is 5. The zero-order valence-corrected chi connectivity index (χ0v) is 13.0. The summed E-state index contributed by atoms with van der Waals surface area (Å²) in [6.07, 6.45) is 0. The van der Waals surface area contributed by atoms with E-state index < -0.39 is 17.6 Å². The van der Waals surface area contributed by atoms with Crippen molar-refractivity contribution in [1.82, 2.24) is 10.1 Å². The van der Waals surface area contributed by atoms with E-state index in [1.54, 1.807) is 31.4 Å². The Kier molecular flexibility index (Phi) is 4.69. The van der Waals surface area contributed by atoms with Gasteiger partial charge in [-0.05, 0) is 36.4 Å². The van der Waals surface area contributed by atoms with E-state index in [1.165, 1.54) is 0 Å². The highest BCUT2D eigenvalue weighted by atomic mass is 19.1. The number of ether oxygens (including phenoxy) is 2. The number of hydrogen-bond acceptors (Lipinski definition) is 6. The fourth-order valence-corrected chi connectivity index (χ4v) is 2.05. The van der Waals surface area contributed by atoms with Crippen molar-refractivity contribution >= 4 is 5.97 Å². The summed E-state index contributed by atoms with van der Waals surface area (Å²) in [5.74, 6) is -1.59. The molecule has 8 heteroatoms. The van der Waals surface area contributed by atoms with Crippen molar-refractivity contribution in [2.24, 2.45) is 0 Å². The second kappa shape index (κ2) is 7.08. The maximum Gasteiger partial charge on any atom is 0.338 e. The lowest BCUT2D eigenvalue weighted by Gasteiger charge is -2.02. The topological polar surface area (TPSA) is 74.5 Å². The molecule has 128 valence electrons. The largest absolute Gasteiger partial charge is 0.497 e. The van der Waals surface area contributed by atoms with Gasteiger partial charge in [0.05, 0.1) is 12.7 Å². The molecule has 0 spiro atoms. The zero-order valence-electron chi connectivity index (χ0n) is 13.0. The van der Waals surface area contributed by atoms with Crippen molar-refractivity contribution in [3.05, 3.63) is 65.6 Å². The smallest absolute Gasteiger partial charge is 0.338 e. The third-order valence-corrected chi connectivity index (χ3v) is 3.24. The highest BCUT2D eigenvalue weighted by Gasteiger charge is 2.14. The third-order valence-electron chi connectivity index (χ3n) is 3.24. The number of esters is 1. The lowest BCUT2D eigenvalue weighted by molar-refractivity contribution is 0.0428. The molecule has 3 rings (SSSR count). The van der Waals surface area contributed by atoms with Crippen LogP contribution < -0.4 is 4.74 Å². The van der Waals surface area contributed by atoms with Crippen LogP contribution in [-0.2, 0) is 11.3 Å². The van der Waals surface area contributed by atoms with Crippen molar-refractivity contribution in [2.75, 3.05) is 7.11 Å². The summed E-state index contributed by atoms with van der Waals surface area (Å²) in [7, 11) is 1.56. The van der Waals surface area contributed by atoms with Crippen molar-refractivity contribution in [2.45, 2.75) is 6.61 Å². The van der Waals surface area contributed by atoms with Crippen LogP contribution in [0.1, 0.15) is 16.2 Å². The summed E-state index contributed by atoms with van der Waals surface area (Å²) < 4.78 is 41.2. The van der Waals surface area contributed by atoms with E-state index in [-0.39, 0.29) is 18.1 Å². The Balaban J connectivity index is 1.65. The molecule has 6 nitrogen and oxygen atoms in total. The van der Waals surface area contributed by atoms with Crippen molar-refractivity contribution in [1.29, 1.82) is 0 Å². The zero-order chi connectivity index (χ0) is 17.8. The van der Waals surface area contributed by atoms with Gasteiger partial charge in [-0.25, -0.2) is 13.6 Å². The SMILES string of the molecule is COc1ccc(-c2noc(COC(=O)c3cc(F)cc(F)c3)n2)cc1. The molecule has 0 aliphatic rings. The average molecular weight is 346 g/mol. The van der Waals surface area contributed by atoms with Crippen LogP contribution in [0.4, 0.5) is 8.78 Å². The number of benzene rings is 2. The standard InChI is InChI=1S/C17H12F2N2O4/c1-23-14-4-2-10(3-5-14)16-20-15(25-21-16)9-24-17(22)11-6-12(18)8-13(19)7-11/h2-8H,9H2,1H3. The van der Waals surface area contributed by atoms with Gasteiger partial charge in [-0.2, -0.15) is 4.98 Å². The quantitative estimate of drug-likeness (QED) is 0.659. The first-order valence-corrected chi connectivity index (χ1v) is 7.15. The van der Waals surface area contributed by atoms with E-state index >= 15 is 0 Å². The number of methoxy groups -OCH3 is 1. The van der Waals surface area contributed by atoms with E-state index in [0.717, 1.165) is 12.1 Å². The van der Waals surface area contributed by atoms with Crippen LogP contribution in [0.5, 0.6) is 5.75 Å². The van der Waals surface area contributed by atoms with Gasteiger partial charge in [0, 0.05) is 11.6 Å². The van der Waals surface area contributed by atoms with Gasteiger partial charge in [-0.15, -0.1) is 0 Å². The number of aromatic nitrogens is 2. The Morgan fingerprint density at radius 2 is 1.80 bits per heavy atom. The van der Waals surface area contributed by atoms with Gasteiger partial charge in [0.25, 0.3) is 5.89 Å². The van der Waals surface area contributed by atoms with Crippen LogP contribution in [0.15, 0.2) is 47.0 Å². The molecule has 1 aromatic heterocycles. The lowest BCUT2D eigenvalue weighted by atomic mass is 10.2. The molecule has 0 fully saturated rings. The van der Waals surface area contributed by atoms with E-state index in [2.05, 4.69) is 10.1 Å². The summed E-state index contributed by atoms with van der Waals surface area (Å²) in [5.41, 5.74) is 0.446. The van der Waals surface area contributed by atoms with E-state index in [4.69, 9.17) is 14.0 Å². The summed E-state index contributed by atoms with van der Waals surface area (Å²) >= 11 is 0. The van der Waals surface area contributed by atoms with Crippen LogP contribution in [0.2, 0.25) is 0 Å². The normalized spacial score (nSPS) is 10.5. The van der Waals surface area contributed by atoms with Crippen molar-refractivity contribution in [3.63, 3.8) is 0 Å². The Hall–Kier alpha value is -3.29. The molecule has 0 saturated heterocycles. The van der Waals surface area contributed by atoms with Crippen LogP contribution in [0.3, 0.4) is 0 Å². The minimum Gasteiger partial charge on any atom is -0.497 e. The third kappa shape index (κ3) is 3.97. The molecule has 1 heterocycles. The Labute approximate surface area is 141 Å². The molecule has 0 bridgehead atoms. The van der Waals surface area contributed by atoms with Crippen LogP contribution in [0, 0.1) is 11.6 Å². The second-order valence-corrected chi connectivity index (χ2v) is 4.97. The first-order valence-electron chi connectivity index (χ1n) is 7.15. The number of carbonyl (C=O) groups excluding carboxylic acids is 1. The predicted octanol–water partition coefficient (Wildman–Crippen LogP) is 3.38. The van der Waals surface area contributed by atoms with Gasteiger partial charge >= 0.3 is 5.97 Å². The van der Waals surface area contributed by atoms with Gasteiger partial charge in [0.1, 0.15) is 17.4 Å². The molecule has 0 unspecified atom stereocenters. The first kappa shape index (κ1) is 16.6. The fourth-order valence-electron chi connectivity index (χ4n) is 2.05. The monoisotopic (exact) mass is 346 g/mol. The highest BCUT2D eigenvalue weighted by Crippen LogP contribution is 2.20. The van der Waals surface area contributed by atoms with Gasteiger partial charge in [0.15, 0.2) is 6.61 Å². The molecule has 0 aliphatic carbocycles. The Bertz CT molecular complexity index is 874. The van der Waals surface area contributed by atoms with Crippen molar-refractivity contribution < 1.29 is 27.6 Å². The molecule has 2 aromatic carbocycles. The molecule has 25 heavy (non-hydrogen) atoms. The maximum atomic E-state index is 13.1. The minimum absolute atomic E-state index is 0.0519. The molecular weight excluding hydrogens is 334 g/mol. The lowest BCUT2D eigenvalue weighted by Crippen LogP contribution is -2.06. The number of nitrogens with zero attached hydrogens (tertiary/aromatic N) is 2. The van der Waals surface area contributed by atoms with Crippen LogP contribution >= 0.6 is 0 Å². The summed E-state index contributed by atoms with van der Waals surface area (Å²) in [6, 6.07) is 9.39. The predicted molar refractivity (Wildman–Crippen MR) is 81.8 cm³/mol. The van der Waals surface area contributed by atoms with Gasteiger partial charge in [0.2, 0.25) is 5.82 Å². The molecule has 0 radical (unpaired) electrons. The van der Waals surface area contributed by atoms with Gasteiger partial charge in [-0.1, -0.05) is 5.16 Å². The summed E-state index contributed by atoms with van der Waals surface area (Å²) in [5, 5.41) is 3.78. The fraction of sp³-hybridized carbons (Fsp3) is 0.118. The second-order valence-electron chi connectivity index (χ2n) is 4.97. The number of carbonyl (C=O) groups is 1. The Morgan fingerprint density at radius 1 is 1.12 bits per heavy atom. The minimum atomic E-state index is -0.900. The summed E-state index contributed by atoms with van der Waals surface area (Å²) in [6.45, 7) is -0.319. The highest BCUT2D eigenvalue weighted by molar-refractivity contribution is 5.89. The van der Waals surface area contributed by atoms with Gasteiger partial charge in [-0.3, -0.25) is 0 Å². The van der Waals surface area contributed by atoms with Crippen LogP contribution in [-0.4, -0.2) is 23.2 Å². The molecule has 0 atom stereocenters. The number of hydrogen-bond donors (Lipinski definition) is 0. The number of halogens is 2. The molecule has 3 aromatic rings. The molecule has 0 saturated carbocycles. The van der Waals surface area contributed by atoms with Crippen molar-refractivity contribution in [3.8, 4) is 17.1 Å². The molecule has 0 amide bonds. The van der Waals surface area contributed by atoms with E-state index in [9.17, 15) is 13.6 Å². The molecule has 0 aliphatic heterocycles. The Morgan fingerprint density at radius 3 is 2.44 bits per heavy atom. The molecular formula is C17H12F2N2O4. The van der Waals surface area contributed by atoms with Crippen LogP contribution in [0.25, 0.3) is 11.4 Å².